The smallest absolute Gasteiger partial charge is 0.263 e. The molecule has 130 valence electrons. The summed E-state index contributed by atoms with van der Waals surface area (Å²) in [6, 6.07) is 3.94. The number of aryl methyl sites for hydroxylation is 2. The number of thiophene rings is 1. The summed E-state index contributed by atoms with van der Waals surface area (Å²) in [7, 11) is 0. The summed E-state index contributed by atoms with van der Waals surface area (Å²) in [6.07, 6.45) is 8.96. The summed E-state index contributed by atoms with van der Waals surface area (Å²) in [5.41, 5.74) is 2.50. The number of hydrogen-bond acceptors (Lipinski definition) is 5. The monoisotopic (exact) mass is 354 g/mol. The Balaban J connectivity index is 1.77. The Morgan fingerprint density at radius 2 is 2.04 bits per heavy atom. The van der Waals surface area contributed by atoms with Crippen molar-refractivity contribution in [2.24, 2.45) is 0 Å². The average Bonchev–Trinajstić information content (AvgIpc) is 3.02. The maximum atomic E-state index is 13.2. The van der Waals surface area contributed by atoms with Crippen LogP contribution in [-0.4, -0.2) is 14.5 Å². The molecule has 0 aliphatic heterocycles. The van der Waals surface area contributed by atoms with Gasteiger partial charge in [0, 0.05) is 30.4 Å². The van der Waals surface area contributed by atoms with Crippen molar-refractivity contribution in [1.82, 2.24) is 14.5 Å². The second-order valence-corrected chi connectivity index (χ2v) is 7.58. The number of rotatable bonds is 5. The average molecular weight is 354 g/mol. The molecule has 0 saturated heterocycles. The Bertz CT molecular complexity index is 945. The first-order valence-corrected chi connectivity index (χ1v) is 9.77. The first kappa shape index (κ1) is 16.3. The molecular weight excluding hydrogens is 332 g/mol. The Kier molecular flexibility index (Phi) is 4.53. The highest BCUT2D eigenvalue weighted by molar-refractivity contribution is 7.18. The van der Waals surface area contributed by atoms with Crippen LogP contribution in [0.3, 0.4) is 0 Å². The first-order chi connectivity index (χ1) is 12.3. The molecule has 4 rings (SSSR count). The summed E-state index contributed by atoms with van der Waals surface area (Å²) in [5, 5.41) is 4.22. The topological polar surface area (TPSA) is 59.8 Å². The van der Waals surface area contributed by atoms with Crippen molar-refractivity contribution in [3.63, 3.8) is 0 Å². The second-order valence-electron chi connectivity index (χ2n) is 6.49. The molecule has 0 atom stereocenters. The van der Waals surface area contributed by atoms with Crippen molar-refractivity contribution in [2.75, 3.05) is 5.32 Å². The number of pyridine rings is 1. The molecule has 3 aromatic heterocycles. The van der Waals surface area contributed by atoms with Gasteiger partial charge in [0.15, 0.2) is 0 Å². The highest BCUT2D eigenvalue weighted by atomic mass is 32.1. The lowest BCUT2D eigenvalue weighted by Crippen LogP contribution is -2.25. The van der Waals surface area contributed by atoms with E-state index in [1.165, 1.54) is 23.3 Å². The fourth-order valence-electron chi connectivity index (χ4n) is 3.49. The van der Waals surface area contributed by atoms with E-state index in [2.05, 4.69) is 17.2 Å². The van der Waals surface area contributed by atoms with Gasteiger partial charge < -0.3 is 5.32 Å². The summed E-state index contributed by atoms with van der Waals surface area (Å²) < 4.78 is 1.81. The summed E-state index contributed by atoms with van der Waals surface area (Å²) in [5.74, 6) is 0.676. The van der Waals surface area contributed by atoms with Gasteiger partial charge in [0.1, 0.15) is 4.83 Å². The Morgan fingerprint density at radius 1 is 1.24 bits per heavy atom. The summed E-state index contributed by atoms with van der Waals surface area (Å²) in [4.78, 5) is 24.3. The van der Waals surface area contributed by atoms with Crippen molar-refractivity contribution in [3.8, 4) is 0 Å². The van der Waals surface area contributed by atoms with Crippen LogP contribution in [0.2, 0.25) is 0 Å². The van der Waals surface area contributed by atoms with Crippen LogP contribution < -0.4 is 10.9 Å². The van der Waals surface area contributed by atoms with Crippen molar-refractivity contribution >= 4 is 27.5 Å². The van der Waals surface area contributed by atoms with E-state index in [0.29, 0.717) is 19.0 Å². The van der Waals surface area contributed by atoms with Gasteiger partial charge in [-0.2, -0.15) is 0 Å². The zero-order valence-corrected chi connectivity index (χ0v) is 15.2. The van der Waals surface area contributed by atoms with Gasteiger partial charge in [-0.15, -0.1) is 11.3 Å². The third-order valence-electron chi connectivity index (χ3n) is 4.72. The molecule has 1 aliphatic rings. The highest BCUT2D eigenvalue weighted by Crippen LogP contribution is 2.34. The van der Waals surface area contributed by atoms with Gasteiger partial charge in [0.2, 0.25) is 5.95 Å². The third kappa shape index (κ3) is 3.06. The van der Waals surface area contributed by atoms with E-state index in [1.807, 2.05) is 16.7 Å². The lowest BCUT2D eigenvalue weighted by molar-refractivity contribution is 0.651. The zero-order valence-electron chi connectivity index (χ0n) is 14.4. The molecule has 1 aliphatic carbocycles. The van der Waals surface area contributed by atoms with E-state index < -0.39 is 0 Å². The maximum Gasteiger partial charge on any atom is 0.263 e. The highest BCUT2D eigenvalue weighted by Gasteiger charge is 2.21. The van der Waals surface area contributed by atoms with Crippen molar-refractivity contribution in [1.29, 1.82) is 0 Å². The van der Waals surface area contributed by atoms with E-state index in [9.17, 15) is 4.79 Å². The molecule has 3 aromatic rings. The van der Waals surface area contributed by atoms with Gasteiger partial charge in [-0.3, -0.25) is 14.3 Å². The van der Waals surface area contributed by atoms with E-state index in [-0.39, 0.29) is 5.56 Å². The fourth-order valence-corrected chi connectivity index (χ4v) is 4.74. The molecule has 3 heterocycles. The van der Waals surface area contributed by atoms with Gasteiger partial charge in [-0.25, -0.2) is 4.98 Å². The van der Waals surface area contributed by atoms with Crippen LogP contribution in [0, 0.1) is 0 Å². The van der Waals surface area contributed by atoms with E-state index in [1.54, 1.807) is 23.7 Å². The van der Waals surface area contributed by atoms with Crippen molar-refractivity contribution in [2.45, 2.75) is 52.1 Å². The lowest BCUT2D eigenvalue weighted by atomic mass is 9.97. The van der Waals surface area contributed by atoms with Crippen LogP contribution in [0.4, 0.5) is 5.95 Å². The molecule has 0 spiro atoms. The zero-order chi connectivity index (χ0) is 17.2. The molecule has 5 nitrogen and oxygen atoms in total. The Morgan fingerprint density at radius 3 is 2.84 bits per heavy atom. The van der Waals surface area contributed by atoms with Crippen LogP contribution in [0.25, 0.3) is 10.2 Å². The van der Waals surface area contributed by atoms with Crippen molar-refractivity contribution < 1.29 is 0 Å². The van der Waals surface area contributed by atoms with Crippen LogP contribution in [0.15, 0.2) is 29.3 Å². The van der Waals surface area contributed by atoms with Crippen LogP contribution >= 0.6 is 11.3 Å². The summed E-state index contributed by atoms with van der Waals surface area (Å²) in [6.45, 7) is 3.41. The molecular formula is C19H22N4OS. The number of fused-ring (bicyclic) bond motifs is 3. The maximum absolute atomic E-state index is 13.2. The minimum Gasteiger partial charge on any atom is -0.351 e. The van der Waals surface area contributed by atoms with Gasteiger partial charge in [0.05, 0.1) is 5.39 Å². The Hall–Kier alpha value is -2.21. The second kappa shape index (κ2) is 6.96. The number of anilines is 1. The predicted octanol–water partition coefficient (Wildman–Crippen LogP) is 3.75. The lowest BCUT2D eigenvalue weighted by Gasteiger charge is -2.14. The SMILES string of the molecule is CCCn1c(NCc2ccncc2)nc2sc3c(c2c1=O)CCCC3. The summed E-state index contributed by atoms with van der Waals surface area (Å²) >= 11 is 1.70. The standard InChI is InChI=1S/C19H22N4OS/c1-2-11-23-18(24)16-14-5-3-4-6-15(14)25-17(16)22-19(23)21-12-13-7-9-20-10-8-13/h7-10H,2-6,11-12H2,1H3,(H,21,22). The molecule has 0 aromatic carbocycles. The quantitative estimate of drug-likeness (QED) is 0.758. The minimum absolute atomic E-state index is 0.114. The normalized spacial score (nSPS) is 13.8. The molecule has 6 heteroatoms. The largest absolute Gasteiger partial charge is 0.351 e. The molecule has 1 N–H and O–H groups in total. The number of aromatic nitrogens is 3. The Labute approximate surface area is 150 Å². The van der Waals surface area contributed by atoms with Gasteiger partial charge >= 0.3 is 0 Å². The minimum atomic E-state index is 0.114. The number of nitrogens with one attached hydrogen (secondary N) is 1. The number of hydrogen-bond donors (Lipinski definition) is 1. The van der Waals surface area contributed by atoms with Crippen LogP contribution in [-0.2, 0) is 25.9 Å². The molecule has 0 unspecified atom stereocenters. The van der Waals surface area contributed by atoms with Crippen molar-refractivity contribution in [3.05, 3.63) is 50.9 Å². The fraction of sp³-hybridized carbons (Fsp3) is 0.421. The molecule has 0 radical (unpaired) electrons. The molecule has 0 bridgehead atoms. The van der Waals surface area contributed by atoms with E-state index >= 15 is 0 Å². The van der Waals surface area contributed by atoms with Gasteiger partial charge in [-0.05, 0) is 55.4 Å². The molecule has 0 amide bonds. The predicted molar refractivity (Wildman–Crippen MR) is 102 cm³/mol. The van der Waals surface area contributed by atoms with Crippen LogP contribution in [0.1, 0.15) is 42.2 Å². The van der Waals surface area contributed by atoms with Gasteiger partial charge in [-0.1, -0.05) is 6.92 Å². The third-order valence-corrected chi connectivity index (χ3v) is 5.91. The van der Waals surface area contributed by atoms with E-state index in [0.717, 1.165) is 35.0 Å². The molecule has 0 saturated carbocycles. The van der Waals surface area contributed by atoms with Gasteiger partial charge in [0.25, 0.3) is 5.56 Å². The molecule has 25 heavy (non-hydrogen) atoms. The first-order valence-electron chi connectivity index (χ1n) is 8.95. The van der Waals surface area contributed by atoms with Crippen LogP contribution in [0.5, 0.6) is 0 Å². The van der Waals surface area contributed by atoms with E-state index in [4.69, 9.17) is 4.98 Å². The molecule has 0 fully saturated rings. The number of nitrogens with zero attached hydrogens (tertiary/aromatic N) is 3.